The van der Waals surface area contributed by atoms with Crippen LogP contribution in [0.15, 0.2) is 0 Å². The van der Waals surface area contributed by atoms with E-state index in [4.69, 9.17) is 10.2 Å². The van der Waals surface area contributed by atoms with Crippen LogP contribution in [0.4, 0.5) is 0 Å². The van der Waals surface area contributed by atoms with E-state index < -0.39 is 42.8 Å². The van der Waals surface area contributed by atoms with Crippen LogP contribution < -0.4 is 10.6 Å². The summed E-state index contributed by atoms with van der Waals surface area (Å²) in [6.45, 7) is -0.623. The van der Waals surface area contributed by atoms with E-state index in [2.05, 4.69) is 10.6 Å². The third-order valence-electron chi connectivity index (χ3n) is 3.35. The molecule has 0 aromatic rings. The van der Waals surface area contributed by atoms with Crippen LogP contribution in [0.3, 0.4) is 0 Å². The number of carbonyl (C=O) groups excluding carboxylic acids is 2. The van der Waals surface area contributed by atoms with Crippen LogP contribution in [-0.2, 0) is 19.2 Å². The lowest BCUT2D eigenvalue weighted by atomic mass is 10.1. The van der Waals surface area contributed by atoms with Gasteiger partial charge in [0.1, 0.15) is 12.6 Å². The van der Waals surface area contributed by atoms with Crippen molar-refractivity contribution < 1.29 is 29.4 Å². The molecular formula is C14H22N2O6S2. The summed E-state index contributed by atoms with van der Waals surface area (Å²) < 4.78 is 0. The summed E-state index contributed by atoms with van der Waals surface area (Å²) in [6, 6.07) is -1.27. The van der Waals surface area contributed by atoms with Gasteiger partial charge in [0.15, 0.2) is 0 Å². The average molecular weight is 378 g/mol. The highest BCUT2D eigenvalue weighted by molar-refractivity contribution is 8.77. The molecule has 2 amide bonds. The van der Waals surface area contributed by atoms with Gasteiger partial charge in [0, 0.05) is 17.4 Å². The van der Waals surface area contributed by atoms with E-state index in [1.807, 2.05) is 21.6 Å². The maximum atomic E-state index is 11.9. The first-order chi connectivity index (χ1) is 11.4. The number of carboxylic acid groups (broad SMARTS) is 2. The Bertz CT molecular complexity index is 468. The van der Waals surface area contributed by atoms with Crippen molar-refractivity contribution in [2.24, 2.45) is 0 Å². The summed E-state index contributed by atoms with van der Waals surface area (Å²) in [7, 11) is 3.75. The summed E-state index contributed by atoms with van der Waals surface area (Å²) in [6.07, 6.45) is 3.43. The number of unbranched alkanes of at least 4 members (excludes halogenated alkanes) is 1. The van der Waals surface area contributed by atoms with E-state index in [0.717, 1.165) is 18.6 Å². The van der Waals surface area contributed by atoms with Crippen LogP contribution in [0.5, 0.6) is 0 Å². The second-order valence-electron chi connectivity index (χ2n) is 5.40. The van der Waals surface area contributed by atoms with Gasteiger partial charge in [-0.25, -0.2) is 0 Å². The number of nitrogens with one attached hydrogen (secondary N) is 2. The molecule has 1 fully saturated rings. The fourth-order valence-corrected chi connectivity index (χ4v) is 5.19. The summed E-state index contributed by atoms with van der Waals surface area (Å²) in [4.78, 5) is 44.9. The van der Waals surface area contributed by atoms with Crippen LogP contribution in [0.1, 0.15) is 38.5 Å². The van der Waals surface area contributed by atoms with Gasteiger partial charge < -0.3 is 20.8 Å². The molecule has 0 aromatic carbocycles. The molecule has 1 rings (SSSR count). The molecule has 1 aliphatic heterocycles. The van der Waals surface area contributed by atoms with E-state index in [1.54, 1.807) is 0 Å². The summed E-state index contributed by atoms with van der Waals surface area (Å²) >= 11 is 0. The van der Waals surface area contributed by atoms with Gasteiger partial charge in [-0.15, -0.1) is 0 Å². The highest BCUT2D eigenvalue weighted by Gasteiger charge is 2.24. The smallest absolute Gasteiger partial charge is 0.322 e. The van der Waals surface area contributed by atoms with Crippen LogP contribution in [0.2, 0.25) is 0 Å². The predicted octanol–water partition coefficient (Wildman–Crippen LogP) is 0.861. The van der Waals surface area contributed by atoms with E-state index in [-0.39, 0.29) is 6.42 Å². The Morgan fingerprint density at radius 3 is 2.46 bits per heavy atom. The van der Waals surface area contributed by atoms with Gasteiger partial charge in [-0.3, -0.25) is 19.2 Å². The van der Waals surface area contributed by atoms with E-state index in [9.17, 15) is 19.2 Å². The first-order valence-electron chi connectivity index (χ1n) is 7.67. The molecular weight excluding hydrogens is 356 g/mol. The lowest BCUT2D eigenvalue weighted by molar-refractivity contribution is -0.141. The first-order valence-corrected chi connectivity index (χ1v) is 10.1. The van der Waals surface area contributed by atoms with Crippen molar-refractivity contribution in [3.63, 3.8) is 0 Å². The minimum Gasteiger partial charge on any atom is -0.481 e. The molecule has 136 valence electrons. The van der Waals surface area contributed by atoms with Gasteiger partial charge in [-0.2, -0.15) is 0 Å². The normalized spacial score (nSPS) is 17.9. The van der Waals surface area contributed by atoms with Crippen LogP contribution in [0.25, 0.3) is 0 Å². The Morgan fingerprint density at radius 2 is 1.88 bits per heavy atom. The molecule has 1 heterocycles. The molecule has 1 aliphatic rings. The second-order valence-corrected chi connectivity index (χ2v) is 8.19. The zero-order valence-corrected chi connectivity index (χ0v) is 14.8. The highest BCUT2D eigenvalue weighted by Crippen LogP contribution is 2.39. The van der Waals surface area contributed by atoms with Gasteiger partial charge in [0.05, 0.1) is 6.42 Å². The maximum absolute atomic E-state index is 11.9. The van der Waals surface area contributed by atoms with Crippen LogP contribution in [-0.4, -0.2) is 57.6 Å². The Hall–Kier alpha value is -1.42. The quantitative estimate of drug-likeness (QED) is 0.307. The Morgan fingerprint density at radius 1 is 1.12 bits per heavy atom. The minimum atomic E-state index is -1.27. The number of carboxylic acids is 2. The largest absolute Gasteiger partial charge is 0.481 e. The fraction of sp³-hybridized carbons (Fsp3) is 0.714. The van der Waals surface area contributed by atoms with Gasteiger partial charge in [-0.05, 0) is 19.3 Å². The summed E-state index contributed by atoms with van der Waals surface area (Å²) in [5.41, 5.74) is 0. The molecule has 1 saturated heterocycles. The lowest BCUT2D eigenvalue weighted by Crippen LogP contribution is -2.48. The molecule has 10 heteroatoms. The second kappa shape index (κ2) is 11.2. The molecule has 8 nitrogen and oxygen atoms in total. The van der Waals surface area contributed by atoms with Crippen molar-refractivity contribution in [3.8, 4) is 0 Å². The first kappa shape index (κ1) is 20.6. The number of carbonyl (C=O) groups is 4. The zero-order chi connectivity index (χ0) is 17.9. The Labute approximate surface area is 147 Å². The number of hydrogen-bond acceptors (Lipinski definition) is 6. The van der Waals surface area contributed by atoms with Gasteiger partial charge >= 0.3 is 11.9 Å². The molecule has 24 heavy (non-hydrogen) atoms. The number of rotatable bonds is 11. The Balaban J connectivity index is 2.32. The van der Waals surface area contributed by atoms with E-state index >= 15 is 0 Å². The third-order valence-corrected chi connectivity index (χ3v) is 6.36. The zero-order valence-electron chi connectivity index (χ0n) is 13.2. The fourth-order valence-electron chi connectivity index (χ4n) is 2.16. The number of aliphatic carboxylic acids is 2. The average Bonchev–Trinajstić information content (AvgIpc) is 3.01. The molecule has 0 aliphatic carbocycles. The van der Waals surface area contributed by atoms with Crippen molar-refractivity contribution in [2.45, 2.75) is 49.8 Å². The molecule has 0 unspecified atom stereocenters. The minimum absolute atomic E-state index is 0.215. The van der Waals surface area contributed by atoms with Crippen molar-refractivity contribution in [1.29, 1.82) is 0 Å². The van der Waals surface area contributed by atoms with Gasteiger partial charge in [0.25, 0.3) is 0 Å². The van der Waals surface area contributed by atoms with Crippen LogP contribution in [0, 0.1) is 0 Å². The molecule has 0 spiro atoms. The van der Waals surface area contributed by atoms with Crippen molar-refractivity contribution in [1.82, 2.24) is 10.6 Å². The van der Waals surface area contributed by atoms with E-state index in [0.29, 0.717) is 11.7 Å². The number of hydrogen-bond donors (Lipinski definition) is 4. The van der Waals surface area contributed by atoms with Crippen LogP contribution >= 0.6 is 21.6 Å². The van der Waals surface area contributed by atoms with Crippen molar-refractivity contribution >= 4 is 45.3 Å². The highest BCUT2D eigenvalue weighted by atomic mass is 33.1. The topological polar surface area (TPSA) is 133 Å². The number of amides is 2. The molecule has 0 bridgehead atoms. The van der Waals surface area contributed by atoms with Crippen molar-refractivity contribution in [3.05, 3.63) is 0 Å². The van der Waals surface area contributed by atoms with Gasteiger partial charge in [-0.1, -0.05) is 28.0 Å². The summed E-state index contributed by atoms with van der Waals surface area (Å²) in [5.74, 6) is -2.54. The van der Waals surface area contributed by atoms with Gasteiger partial charge in [0.2, 0.25) is 11.8 Å². The lowest BCUT2D eigenvalue weighted by Gasteiger charge is -2.16. The maximum Gasteiger partial charge on any atom is 0.322 e. The Kier molecular flexibility index (Phi) is 9.62. The predicted molar refractivity (Wildman–Crippen MR) is 91.8 cm³/mol. The molecule has 4 N–H and O–H groups in total. The molecule has 2 atom stereocenters. The van der Waals surface area contributed by atoms with E-state index in [1.165, 1.54) is 6.42 Å². The summed E-state index contributed by atoms with van der Waals surface area (Å²) in [5, 5.41) is 22.4. The SMILES string of the molecule is O=C(O)CNC(=O)[C@H](CC(=O)O)NC(=O)CCCC[C@@H]1CCSS1. The van der Waals surface area contributed by atoms with Crippen molar-refractivity contribution in [2.75, 3.05) is 12.3 Å². The monoisotopic (exact) mass is 378 g/mol. The molecule has 0 saturated carbocycles. The third kappa shape index (κ3) is 9.02. The molecule has 0 aromatic heterocycles. The molecule has 0 radical (unpaired) electrons. The standard InChI is InChI=1S/C14H22N2O6S2/c17-11(4-2-1-3-9-5-6-23-24-9)16-10(7-12(18)19)14(22)15-8-13(20)21/h9-10H,1-8H2,(H,15,22)(H,16,17)(H,18,19)(H,20,21)/t9-,10+/m1/s1.